The molecule has 0 aliphatic heterocycles. The van der Waals surface area contributed by atoms with Crippen LogP contribution in [0.2, 0.25) is 0 Å². The van der Waals surface area contributed by atoms with Crippen molar-refractivity contribution in [2.45, 2.75) is 4.90 Å². The number of benzene rings is 1. The SMILES string of the molecule is Cn1cc(Nc2nc3c(-c4ccc(S(C)(=O)=O)cc4)cccn3n2)cn1. The van der Waals surface area contributed by atoms with Gasteiger partial charge in [0.15, 0.2) is 15.5 Å². The standard InChI is InChI=1S/C17H16N6O2S/c1-22-11-13(10-18-22)19-17-20-16-15(4-3-9-23(16)21-17)12-5-7-14(8-6-12)26(2,24)25/h3-11H,1-2H3,(H,19,21). The summed E-state index contributed by atoms with van der Waals surface area (Å²) in [5.74, 6) is 0.457. The lowest BCUT2D eigenvalue weighted by atomic mass is 10.1. The zero-order valence-electron chi connectivity index (χ0n) is 14.2. The first kappa shape index (κ1) is 16.3. The quantitative estimate of drug-likeness (QED) is 0.594. The van der Waals surface area contributed by atoms with E-state index in [1.165, 1.54) is 6.26 Å². The second-order valence-electron chi connectivity index (χ2n) is 5.95. The average molecular weight is 368 g/mol. The third-order valence-electron chi connectivity index (χ3n) is 3.92. The summed E-state index contributed by atoms with van der Waals surface area (Å²) < 4.78 is 26.6. The molecule has 0 atom stereocenters. The number of sulfone groups is 1. The topological polar surface area (TPSA) is 94.2 Å². The number of anilines is 2. The van der Waals surface area contributed by atoms with E-state index in [2.05, 4.69) is 20.5 Å². The van der Waals surface area contributed by atoms with E-state index in [1.54, 1.807) is 39.7 Å². The Labute approximate surface area is 150 Å². The molecule has 3 heterocycles. The molecule has 0 spiro atoms. The summed E-state index contributed by atoms with van der Waals surface area (Å²) in [6.07, 6.45) is 6.52. The van der Waals surface area contributed by atoms with Crippen LogP contribution < -0.4 is 5.32 Å². The normalized spacial score (nSPS) is 11.8. The average Bonchev–Trinajstić information content (AvgIpc) is 3.19. The second kappa shape index (κ2) is 5.95. The van der Waals surface area contributed by atoms with Gasteiger partial charge < -0.3 is 5.32 Å². The van der Waals surface area contributed by atoms with Gasteiger partial charge in [-0.25, -0.2) is 12.9 Å². The summed E-state index contributed by atoms with van der Waals surface area (Å²) >= 11 is 0. The van der Waals surface area contributed by atoms with Gasteiger partial charge >= 0.3 is 0 Å². The van der Waals surface area contributed by atoms with Crippen molar-refractivity contribution in [3.05, 3.63) is 55.0 Å². The van der Waals surface area contributed by atoms with E-state index in [0.717, 1.165) is 16.8 Å². The summed E-state index contributed by atoms with van der Waals surface area (Å²) in [5.41, 5.74) is 3.19. The minimum Gasteiger partial charge on any atom is -0.320 e. The van der Waals surface area contributed by atoms with E-state index in [0.29, 0.717) is 11.6 Å². The third kappa shape index (κ3) is 3.04. The summed E-state index contributed by atoms with van der Waals surface area (Å²) in [7, 11) is -1.39. The van der Waals surface area contributed by atoms with Gasteiger partial charge in [0.25, 0.3) is 0 Å². The molecule has 0 saturated heterocycles. The number of nitrogens with one attached hydrogen (secondary N) is 1. The first-order valence-corrected chi connectivity index (χ1v) is 9.71. The monoisotopic (exact) mass is 368 g/mol. The Balaban J connectivity index is 1.73. The molecule has 8 nitrogen and oxygen atoms in total. The van der Waals surface area contributed by atoms with E-state index in [-0.39, 0.29) is 4.90 Å². The Hall–Kier alpha value is -3.20. The highest BCUT2D eigenvalue weighted by molar-refractivity contribution is 7.90. The molecule has 0 aliphatic rings. The van der Waals surface area contributed by atoms with Crippen molar-refractivity contribution in [3.8, 4) is 11.1 Å². The molecule has 0 aliphatic carbocycles. The van der Waals surface area contributed by atoms with E-state index in [4.69, 9.17) is 0 Å². The van der Waals surface area contributed by atoms with Gasteiger partial charge in [-0.15, -0.1) is 5.10 Å². The van der Waals surface area contributed by atoms with Crippen molar-refractivity contribution < 1.29 is 8.42 Å². The van der Waals surface area contributed by atoms with Gasteiger partial charge in [-0.2, -0.15) is 10.1 Å². The smallest absolute Gasteiger partial charge is 0.247 e. The maximum atomic E-state index is 11.6. The van der Waals surface area contributed by atoms with Crippen molar-refractivity contribution in [2.75, 3.05) is 11.6 Å². The Kier molecular flexibility index (Phi) is 3.73. The van der Waals surface area contributed by atoms with Crippen LogP contribution in [0, 0.1) is 0 Å². The molecule has 0 saturated carbocycles. The van der Waals surface area contributed by atoms with Crippen molar-refractivity contribution in [3.63, 3.8) is 0 Å². The predicted molar refractivity (Wildman–Crippen MR) is 98.0 cm³/mol. The Morgan fingerprint density at radius 2 is 1.88 bits per heavy atom. The minimum atomic E-state index is -3.22. The number of fused-ring (bicyclic) bond motifs is 1. The predicted octanol–water partition coefficient (Wildman–Crippen LogP) is 2.28. The summed E-state index contributed by atoms with van der Waals surface area (Å²) in [4.78, 5) is 4.84. The van der Waals surface area contributed by atoms with Crippen molar-refractivity contribution in [1.29, 1.82) is 0 Å². The first-order chi connectivity index (χ1) is 12.4. The van der Waals surface area contributed by atoms with E-state index in [1.807, 2.05) is 31.6 Å². The summed E-state index contributed by atoms with van der Waals surface area (Å²) in [5, 5.41) is 11.6. The molecule has 0 unspecified atom stereocenters. The summed E-state index contributed by atoms with van der Waals surface area (Å²) in [6.45, 7) is 0. The molecule has 4 aromatic rings. The van der Waals surface area contributed by atoms with Crippen molar-refractivity contribution in [2.24, 2.45) is 7.05 Å². The Morgan fingerprint density at radius 3 is 2.54 bits per heavy atom. The van der Waals surface area contributed by atoms with Gasteiger partial charge in [-0.1, -0.05) is 12.1 Å². The van der Waals surface area contributed by atoms with Gasteiger partial charge in [0, 0.05) is 31.3 Å². The van der Waals surface area contributed by atoms with Gasteiger partial charge in [0.1, 0.15) is 0 Å². The van der Waals surface area contributed by atoms with Crippen LogP contribution in [0.5, 0.6) is 0 Å². The molecule has 4 rings (SSSR count). The van der Waals surface area contributed by atoms with Gasteiger partial charge in [0.05, 0.1) is 16.8 Å². The number of nitrogens with zero attached hydrogens (tertiary/aromatic N) is 5. The fourth-order valence-electron chi connectivity index (χ4n) is 2.68. The Morgan fingerprint density at radius 1 is 1.12 bits per heavy atom. The summed E-state index contributed by atoms with van der Waals surface area (Å²) in [6, 6.07) is 10.5. The molecule has 0 amide bonds. The molecule has 1 N–H and O–H groups in total. The van der Waals surface area contributed by atoms with E-state index in [9.17, 15) is 8.42 Å². The molecular weight excluding hydrogens is 352 g/mol. The zero-order valence-corrected chi connectivity index (χ0v) is 15.0. The van der Waals surface area contributed by atoms with Crippen LogP contribution in [0.3, 0.4) is 0 Å². The van der Waals surface area contributed by atoms with E-state index < -0.39 is 9.84 Å². The van der Waals surface area contributed by atoms with E-state index >= 15 is 0 Å². The molecule has 0 fully saturated rings. The van der Waals surface area contributed by atoms with Crippen LogP contribution in [0.1, 0.15) is 0 Å². The van der Waals surface area contributed by atoms with Crippen molar-refractivity contribution >= 4 is 27.1 Å². The number of hydrogen-bond acceptors (Lipinski definition) is 6. The van der Waals surface area contributed by atoms with Gasteiger partial charge in [-0.3, -0.25) is 4.68 Å². The molecule has 1 aromatic carbocycles. The number of aryl methyl sites for hydroxylation is 1. The highest BCUT2D eigenvalue weighted by Gasteiger charge is 2.12. The molecule has 3 aromatic heterocycles. The van der Waals surface area contributed by atoms with Crippen LogP contribution in [-0.4, -0.2) is 39.1 Å². The molecular formula is C17H16N6O2S. The van der Waals surface area contributed by atoms with Gasteiger partial charge in [-0.05, 0) is 29.8 Å². The van der Waals surface area contributed by atoms with Crippen molar-refractivity contribution in [1.82, 2.24) is 24.4 Å². The maximum Gasteiger partial charge on any atom is 0.247 e. The van der Waals surface area contributed by atoms with Crippen LogP contribution in [-0.2, 0) is 16.9 Å². The molecule has 9 heteroatoms. The van der Waals surface area contributed by atoms with Crippen LogP contribution >= 0.6 is 0 Å². The number of aromatic nitrogens is 5. The maximum absolute atomic E-state index is 11.6. The lowest BCUT2D eigenvalue weighted by molar-refractivity contribution is 0.602. The largest absolute Gasteiger partial charge is 0.320 e. The lowest BCUT2D eigenvalue weighted by Crippen LogP contribution is -1.96. The molecule has 26 heavy (non-hydrogen) atoms. The fraction of sp³-hybridized carbons (Fsp3) is 0.118. The molecule has 0 bridgehead atoms. The zero-order chi connectivity index (χ0) is 18.3. The van der Waals surface area contributed by atoms with Crippen LogP contribution in [0.15, 0.2) is 59.9 Å². The number of hydrogen-bond donors (Lipinski definition) is 1. The number of rotatable bonds is 4. The van der Waals surface area contributed by atoms with Gasteiger partial charge in [0.2, 0.25) is 5.95 Å². The second-order valence-corrected chi connectivity index (χ2v) is 7.97. The van der Waals surface area contributed by atoms with Crippen LogP contribution in [0.4, 0.5) is 11.6 Å². The number of pyridine rings is 1. The molecule has 132 valence electrons. The highest BCUT2D eigenvalue weighted by Crippen LogP contribution is 2.26. The van der Waals surface area contributed by atoms with Crippen LogP contribution in [0.25, 0.3) is 16.8 Å². The Bertz CT molecular complexity index is 1190. The highest BCUT2D eigenvalue weighted by atomic mass is 32.2. The molecule has 0 radical (unpaired) electrons. The lowest BCUT2D eigenvalue weighted by Gasteiger charge is -2.04. The fourth-order valence-corrected chi connectivity index (χ4v) is 3.31. The third-order valence-corrected chi connectivity index (χ3v) is 5.05. The first-order valence-electron chi connectivity index (χ1n) is 7.82. The minimum absolute atomic E-state index is 0.286.